The Labute approximate surface area is 104 Å². The number of phenols is 1. The average molecular weight is 286 g/mol. The summed E-state index contributed by atoms with van der Waals surface area (Å²) in [5, 5.41) is 13.3. The molecule has 0 spiro atoms. The van der Waals surface area contributed by atoms with Crippen molar-refractivity contribution >= 4 is 15.9 Å². The maximum absolute atomic E-state index is 10.0. The highest BCUT2D eigenvalue weighted by atomic mass is 79.9. The number of ether oxygens (including phenoxy) is 1. The Hall–Kier alpha value is -0.740. The van der Waals surface area contributed by atoms with Crippen LogP contribution in [-0.2, 0) is 6.42 Å². The maximum Gasteiger partial charge on any atom is 0.161 e. The molecule has 0 radical (unpaired) electrons. The second kappa shape index (κ2) is 5.06. The zero-order valence-corrected chi connectivity index (χ0v) is 10.9. The van der Waals surface area contributed by atoms with E-state index in [-0.39, 0.29) is 5.75 Å². The maximum atomic E-state index is 10.0. The van der Waals surface area contributed by atoms with Gasteiger partial charge >= 0.3 is 0 Å². The molecule has 1 aromatic rings. The Bertz CT molecular complexity index is 376. The van der Waals surface area contributed by atoms with Gasteiger partial charge in [0.15, 0.2) is 11.5 Å². The number of hydrogen-bond donors (Lipinski definition) is 2. The van der Waals surface area contributed by atoms with Crippen molar-refractivity contribution in [2.24, 2.45) is 5.92 Å². The van der Waals surface area contributed by atoms with Crippen LogP contribution < -0.4 is 10.1 Å². The van der Waals surface area contributed by atoms with E-state index in [2.05, 4.69) is 21.2 Å². The van der Waals surface area contributed by atoms with Crippen LogP contribution in [-0.4, -0.2) is 25.3 Å². The molecule has 4 heteroatoms. The molecule has 0 bridgehead atoms. The molecule has 1 aromatic carbocycles. The van der Waals surface area contributed by atoms with Crippen LogP contribution in [0.4, 0.5) is 0 Å². The molecule has 3 nitrogen and oxygen atoms in total. The van der Waals surface area contributed by atoms with Crippen molar-refractivity contribution in [1.29, 1.82) is 0 Å². The van der Waals surface area contributed by atoms with E-state index in [4.69, 9.17) is 4.74 Å². The van der Waals surface area contributed by atoms with Gasteiger partial charge in [-0.3, -0.25) is 0 Å². The quantitative estimate of drug-likeness (QED) is 0.896. The van der Waals surface area contributed by atoms with Gasteiger partial charge in [0.1, 0.15) is 0 Å². The highest BCUT2D eigenvalue weighted by Gasteiger charge is 2.18. The normalized spacial score (nSPS) is 20.0. The van der Waals surface area contributed by atoms with Crippen molar-refractivity contribution in [3.63, 3.8) is 0 Å². The third-order valence-electron chi connectivity index (χ3n) is 3.01. The Morgan fingerprint density at radius 1 is 1.56 bits per heavy atom. The number of benzene rings is 1. The molecule has 1 fully saturated rings. The van der Waals surface area contributed by atoms with Gasteiger partial charge in [0.05, 0.1) is 7.11 Å². The Kier molecular flexibility index (Phi) is 3.71. The number of hydrogen-bond acceptors (Lipinski definition) is 3. The molecule has 1 unspecified atom stereocenters. The van der Waals surface area contributed by atoms with Crippen LogP contribution in [0.2, 0.25) is 0 Å². The largest absolute Gasteiger partial charge is 0.504 e. The standard InChI is InChI=1S/C12H16BrNO2/c1-16-11-6-10(13)5-9(12(11)15)4-8-2-3-14-7-8/h5-6,8,14-15H,2-4,7H2,1H3. The van der Waals surface area contributed by atoms with Crippen molar-refractivity contribution in [3.05, 3.63) is 22.2 Å². The molecule has 1 aliphatic rings. The molecule has 0 saturated carbocycles. The first-order valence-electron chi connectivity index (χ1n) is 5.47. The van der Waals surface area contributed by atoms with E-state index in [1.54, 1.807) is 13.2 Å². The summed E-state index contributed by atoms with van der Waals surface area (Å²) in [4.78, 5) is 0. The third-order valence-corrected chi connectivity index (χ3v) is 3.47. The van der Waals surface area contributed by atoms with Crippen LogP contribution in [0.15, 0.2) is 16.6 Å². The molecule has 0 aromatic heterocycles. The summed E-state index contributed by atoms with van der Waals surface area (Å²) >= 11 is 3.43. The third kappa shape index (κ3) is 2.50. The van der Waals surface area contributed by atoms with Gasteiger partial charge < -0.3 is 15.2 Å². The van der Waals surface area contributed by atoms with E-state index in [0.29, 0.717) is 11.7 Å². The summed E-state index contributed by atoms with van der Waals surface area (Å²) in [6.45, 7) is 2.12. The highest BCUT2D eigenvalue weighted by Crippen LogP contribution is 2.35. The molecule has 16 heavy (non-hydrogen) atoms. The van der Waals surface area contributed by atoms with Crippen LogP contribution in [0, 0.1) is 5.92 Å². The van der Waals surface area contributed by atoms with Crippen LogP contribution in [0.1, 0.15) is 12.0 Å². The van der Waals surface area contributed by atoms with Gasteiger partial charge in [0.2, 0.25) is 0 Å². The van der Waals surface area contributed by atoms with Crippen LogP contribution in [0.5, 0.6) is 11.5 Å². The number of aromatic hydroxyl groups is 1. The van der Waals surface area contributed by atoms with E-state index in [0.717, 1.165) is 29.5 Å². The first-order chi connectivity index (χ1) is 7.70. The van der Waals surface area contributed by atoms with Crippen molar-refractivity contribution in [2.45, 2.75) is 12.8 Å². The first kappa shape index (κ1) is 11.7. The molecule has 1 atom stereocenters. The van der Waals surface area contributed by atoms with Gasteiger partial charge in [0, 0.05) is 4.47 Å². The fourth-order valence-electron chi connectivity index (χ4n) is 2.14. The van der Waals surface area contributed by atoms with E-state index >= 15 is 0 Å². The molecule has 88 valence electrons. The van der Waals surface area contributed by atoms with Crippen LogP contribution >= 0.6 is 15.9 Å². The molecule has 1 aliphatic heterocycles. The van der Waals surface area contributed by atoms with Gasteiger partial charge in [-0.25, -0.2) is 0 Å². The van der Waals surface area contributed by atoms with Crippen molar-refractivity contribution in [3.8, 4) is 11.5 Å². The van der Waals surface area contributed by atoms with Crippen molar-refractivity contribution < 1.29 is 9.84 Å². The lowest BCUT2D eigenvalue weighted by atomic mass is 9.98. The van der Waals surface area contributed by atoms with Gasteiger partial charge in [-0.15, -0.1) is 0 Å². The molecular formula is C12H16BrNO2. The SMILES string of the molecule is COc1cc(Br)cc(CC2CCNC2)c1O. The molecule has 2 rings (SSSR count). The monoisotopic (exact) mass is 285 g/mol. The molecule has 1 saturated heterocycles. The first-order valence-corrected chi connectivity index (χ1v) is 6.26. The van der Waals surface area contributed by atoms with Gasteiger partial charge in [-0.2, -0.15) is 0 Å². The highest BCUT2D eigenvalue weighted by molar-refractivity contribution is 9.10. The van der Waals surface area contributed by atoms with Gasteiger partial charge in [0.25, 0.3) is 0 Å². The topological polar surface area (TPSA) is 41.5 Å². The number of nitrogens with one attached hydrogen (secondary N) is 1. The van der Waals surface area contributed by atoms with E-state index < -0.39 is 0 Å². The predicted molar refractivity (Wildman–Crippen MR) is 67.0 cm³/mol. The summed E-state index contributed by atoms with van der Waals surface area (Å²) in [6.07, 6.45) is 2.07. The fourth-order valence-corrected chi connectivity index (χ4v) is 2.62. The molecule has 0 amide bonds. The van der Waals surface area contributed by atoms with Crippen LogP contribution in [0.25, 0.3) is 0 Å². The minimum absolute atomic E-state index is 0.276. The second-order valence-corrected chi connectivity index (χ2v) is 5.09. The summed E-state index contributed by atoms with van der Waals surface area (Å²) in [5.74, 6) is 1.43. The summed E-state index contributed by atoms with van der Waals surface area (Å²) in [5.41, 5.74) is 0.958. The van der Waals surface area contributed by atoms with E-state index in [1.807, 2.05) is 6.07 Å². The molecular weight excluding hydrogens is 270 g/mol. The lowest BCUT2D eigenvalue weighted by Gasteiger charge is -2.13. The van der Waals surface area contributed by atoms with Gasteiger partial charge in [-0.1, -0.05) is 15.9 Å². The van der Waals surface area contributed by atoms with E-state index in [9.17, 15) is 5.11 Å². The lowest BCUT2D eigenvalue weighted by Crippen LogP contribution is -2.10. The minimum atomic E-state index is 0.276. The minimum Gasteiger partial charge on any atom is -0.504 e. The van der Waals surface area contributed by atoms with Crippen molar-refractivity contribution in [2.75, 3.05) is 20.2 Å². The van der Waals surface area contributed by atoms with Crippen molar-refractivity contribution in [1.82, 2.24) is 5.32 Å². The smallest absolute Gasteiger partial charge is 0.161 e. The van der Waals surface area contributed by atoms with Crippen LogP contribution in [0.3, 0.4) is 0 Å². The zero-order valence-electron chi connectivity index (χ0n) is 9.29. The van der Waals surface area contributed by atoms with E-state index in [1.165, 1.54) is 6.42 Å². The van der Waals surface area contributed by atoms with Gasteiger partial charge in [-0.05, 0) is 49.5 Å². The lowest BCUT2D eigenvalue weighted by molar-refractivity contribution is 0.368. The summed E-state index contributed by atoms with van der Waals surface area (Å²) < 4.78 is 6.08. The molecule has 0 aliphatic carbocycles. The molecule has 2 N–H and O–H groups in total. The number of rotatable bonds is 3. The number of halogens is 1. The zero-order chi connectivity index (χ0) is 11.5. The number of methoxy groups -OCH3 is 1. The Balaban J connectivity index is 2.21. The Morgan fingerprint density at radius 3 is 3.00 bits per heavy atom. The fraction of sp³-hybridized carbons (Fsp3) is 0.500. The predicted octanol–water partition coefficient (Wildman–Crippen LogP) is 2.32. The molecule has 1 heterocycles. The number of phenolic OH excluding ortho intramolecular Hbond substituents is 1. The Morgan fingerprint density at radius 2 is 2.38 bits per heavy atom. The summed E-state index contributed by atoms with van der Waals surface area (Å²) in [7, 11) is 1.57. The average Bonchev–Trinajstić information content (AvgIpc) is 2.75. The second-order valence-electron chi connectivity index (χ2n) is 4.18. The summed E-state index contributed by atoms with van der Waals surface area (Å²) in [6, 6.07) is 3.75.